The van der Waals surface area contributed by atoms with Crippen LogP contribution >= 0.6 is 23.5 Å². The van der Waals surface area contributed by atoms with Gasteiger partial charge in [0.15, 0.2) is 18.3 Å². The SMILES string of the molecule is CCOP(=O)(OCC)OC1[C@@H](OP(=O)(OCC)OCC)[C@H](OC(=O)c2ccccc2)C(OC(=O)c2ccccc2)[C@@H](OC(=O)c2ccccc2)[C@H]1OP(=O)(OCC)OCC. The van der Waals surface area contributed by atoms with E-state index in [2.05, 4.69) is 0 Å². The Hall–Kier alpha value is -3.60. The molecular formula is C39H51O18P3. The van der Waals surface area contributed by atoms with Gasteiger partial charge in [-0.25, -0.2) is 28.1 Å². The topological polar surface area (TPSA) is 213 Å². The van der Waals surface area contributed by atoms with E-state index in [0.717, 1.165) is 0 Å². The Labute approximate surface area is 349 Å². The fourth-order valence-corrected chi connectivity index (χ4v) is 9.97. The van der Waals surface area contributed by atoms with Gasteiger partial charge in [-0.3, -0.25) is 40.7 Å². The van der Waals surface area contributed by atoms with E-state index in [-0.39, 0.29) is 56.3 Å². The van der Waals surface area contributed by atoms with Crippen LogP contribution in [-0.2, 0) is 68.6 Å². The average Bonchev–Trinajstić information content (AvgIpc) is 3.23. The summed E-state index contributed by atoms with van der Waals surface area (Å²) >= 11 is 0. The first-order valence-corrected chi connectivity index (χ1v) is 23.7. The highest BCUT2D eigenvalue weighted by atomic mass is 31.2. The second-order valence-electron chi connectivity index (χ2n) is 12.3. The Morgan fingerprint density at radius 1 is 0.367 bits per heavy atom. The Balaban J connectivity index is 2.11. The molecule has 1 fully saturated rings. The summed E-state index contributed by atoms with van der Waals surface area (Å²) in [7, 11) is -14.3. The molecule has 60 heavy (non-hydrogen) atoms. The van der Waals surface area contributed by atoms with E-state index >= 15 is 0 Å². The lowest BCUT2D eigenvalue weighted by molar-refractivity contribution is -0.215. The third-order valence-electron chi connectivity index (χ3n) is 8.18. The summed E-state index contributed by atoms with van der Waals surface area (Å²) < 4.78 is 113. The molecule has 6 atom stereocenters. The molecule has 2 unspecified atom stereocenters. The number of benzene rings is 3. The van der Waals surface area contributed by atoms with Gasteiger partial charge < -0.3 is 14.2 Å². The molecule has 0 bridgehead atoms. The maximum absolute atomic E-state index is 14.4. The number of carbonyl (C=O) groups excluding carboxylic acids is 3. The summed E-state index contributed by atoms with van der Waals surface area (Å²) in [6.45, 7) is 7.48. The first-order chi connectivity index (χ1) is 28.8. The molecule has 0 spiro atoms. The van der Waals surface area contributed by atoms with Crippen LogP contribution in [0.25, 0.3) is 0 Å². The van der Waals surface area contributed by atoms with Crippen molar-refractivity contribution >= 4 is 41.4 Å². The van der Waals surface area contributed by atoms with Gasteiger partial charge in [-0.15, -0.1) is 0 Å². The number of hydrogen-bond acceptors (Lipinski definition) is 18. The predicted molar refractivity (Wildman–Crippen MR) is 214 cm³/mol. The van der Waals surface area contributed by atoms with E-state index in [4.69, 9.17) is 54.9 Å². The second-order valence-corrected chi connectivity index (χ2v) is 17.1. The van der Waals surface area contributed by atoms with E-state index < -0.39 is 78.0 Å². The molecule has 330 valence electrons. The van der Waals surface area contributed by atoms with Crippen molar-refractivity contribution < 1.29 is 83.0 Å². The molecule has 1 saturated carbocycles. The molecule has 0 amide bonds. The first kappa shape index (κ1) is 49.1. The van der Waals surface area contributed by atoms with Crippen molar-refractivity contribution in [2.24, 2.45) is 0 Å². The molecule has 0 saturated heterocycles. The van der Waals surface area contributed by atoms with Crippen LogP contribution in [-0.4, -0.2) is 94.2 Å². The number of ether oxygens (including phenoxy) is 3. The zero-order valence-electron chi connectivity index (χ0n) is 34.1. The minimum atomic E-state index is -4.78. The van der Waals surface area contributed by atoms with Gasteiger partial charge in [0.2, 0.25) is 0 Å². The largest absolute Gasteiger partial charge is 0.475 e. The quantitative estimate of drug-likeness (QED) is 0.0469. The maximum atomic E-state index is 14.4. The van der Waals surface area contributed by atoms with Crippen LogP contribution in [0.1, 0.15) is 72.6 Å². The van der Waals surface area contributed by atoms with Gasteiger partial charge in [0, 0.05) is 0 Å². The number of phosphoric acid groups is 3. The Morgan fingerprint density at radius 2 is 0.567 bits per heavy atom. The summed E-state index contributed by atoms with van der Waals surface area (Å²) in [6.07, 6.45) is -12.4. The lowest BCUT2D eigenvalue weighted by Crippen LogP contribution is -2.68. The zero-order valence-corrected chi connectivity index (χ0v) is 36.7. The smallest absolute Gasteiger partial charge is 0.452 e. The molecule has 0 heterocycles. The van der Waals surface area contributed by atoms with Crippen molar-refractivity contribution in [2.45, 2.75) is 78.2 Å². The summed E-state index contributed by atoms with van der Waals surface area (Å²) in [6, 6.07) is 22.8. The minimum Gasteiger partial charge on any atom is -0.452 e. The summed E-state index contributed by atoms with van der Waals surface area (Å²) in [5.41, 5.74) is -0.0300. The van der Waals surface area contributed by atoms with Gasteiger partial charge in [-0.2, -0.15) is 0 Å². The highest BCUT2D eigenvalue weighted by Gasteiger charge is 2.63. The Kier molecular flexibility index (Phi) is 19.3. The molecule has 0 aliphatic heterocycles. The fraction of sp³-hybridized carbons (Fsp3) is 0.462. The van der Waals surface area contributed by atoms with Crippen LogP contribution in [0.3, 0.4) is 0 Å². The lowest BCUT2D eigenvalue weighted by atomic mass is 9.84. The van der Waals surface area contributed by atoms with E-state index in [1.54, 1.807) is 54.6 Å². The van der Waals surface area contributed by atoms with Crippen molar-refractivity contribution in [1.82, 2.24) is 0 Å². The van der Waals surface area contributed by atoms with Gasteiger partial charge in [-0.1, -0.05) is 54.6 Å². The highest BCUT2D eigenvalue weighted by molar-refractivity contribution is 7.49. The summed E-state index contributed by atoms with van der Waals surface area (Å²) in [5, 5.41) is 0. The van der Waals surface area contributed by atoms with Gasteiger partial charge >= 0.3 is 41.4 Å². The molecular weight excluding hydrogens is 849 g/mol. The van der Waals surface area contributed by atoms with Crippen LogP contribution in [0.2, 0.25) is 0 Å². The van der Waals surface area contributed by atoms with Crippen LogP contribution < -0.4 is 0 Å². The van der Waals surface area contributed by atoms with Gasteiger partial charge in [0.25, 0.3) is 0 Å². The molecule has 21 heteroatoms. The molecule has 3 aromatic carbocycles. The molecule has 0 radical (unpaired) electrons. The van der Waals surface area contributed by atoms with E-state index in [1.807, 2.05) is 0 Å². The molecule has 0 aromatic heterocycles. The van der Waals surface area contributed by atoms with E-state index in [1.165, 1.54) is 77.9 Å². The molecule has 1 aliphatic carbocycles. The van der Waals surface area contributed by atoms with Crippen molar-refractivity contribution in [2.75, 3.05) is 39.6 Å². The van der Waals surface area contributed by atoms with Gasteiger partial charge in [0.1, 0.15) is 18.3 Å². The number of phosphoric ester groups is 3. The number of hydrogen-bond donors (Lipinski definition) is 0. The number of esters is 3. The molecule has 18 nitrogen and oxygen atoms in total. The van der Waals surface area contributed by atoms with E-state index in [9.17, 15) is 28.1 Å². The summed E-state index contributed by atoms with van der Waals surface area (Å²) in [4.78, 5) is 42.3. The van der Waals surface area contributed by atoms with Gasteiger partial charge in [-0.05, 0) is 77.9 Å². The van der Waals surface area contributed by atoms with Gasteiger partial charge in [0.05, 0.1) is 56.3 Å². The van der Waals surface area contributed by atoms with Crippen molar-refractivity contribution in [3.8, 4) is 0 Å². The maximum Gasteiger partial charge on any atom is 0.475 e. The molecule has 0 N–H and O–H groups in total. The average molecular weight is 901 g/mol. The first-order valence-electron chi connectivity index (χ1n) is 19.3. The molecule has 1 aliphatic rings. The molecule has 3 aromatic rings. The van der Waals surface area contributed by atoms with Crippen LogP contribution in [0.4, 0.5) is 0 Å². The summed E-state index contributed by atoms with van der Waals surface area (Å²) in [5.74, 6) is -3.13. The second kappa shape index (κ2) is 23.6. The Morgan fingerprint density at radius 3 is 0.783 bits per heavy atom. The normalized spacial score (nSPS) is 20.9. The Bertz CT molecular complexity index is 1830. The van der Waals surface area contributed by atoms with Crippen molar-refractivity contribution in [1.29, 1.82) is 0 Å². The standard InChI is InChI=1S/C39H51O18P3/c1-7-46-58(43,47-8-2)55-34-32(53-38(41)29-24-18-14-19-25-29)31(52-37(40)28-22-16-13-17-23-28)33(54-39(42)30-26-20-15-21-27-30)35(56-59(44,48-9-3)49-10-4)36(34)57-60(45,50-11-5)51-12-6/h13-27,31-36H,7-12H2,1-6H3/t31?,32-,33-,34-,35+,36?/m1/s1. The monoisotopic (exact) mass is 900 g/mol. The third kappa shape index (κ3) is 13.4. The minimum absolute atomic E-state index is 0.00659. The fourth-order valence-electron chi connectivity index (χ4n) is 5.87. The lowest BCUT2D eigenvalue weighted by Gasteiger charge is -2.48. The molecule has 4 rings (SSSR count). The van der Waals surface area contributed by atoms with Crippen LogP contribution in [0.15, 0.2) is 91.0 Å². The third-order valence-corrected chi connectivity index (χ3v) is 13.1. The van der Waals surface area contributed by atoms with Crippen LogP contribution in [0.5, 0.6) is 0 Å². The van der Waals surface area contributed by atoms with E-state index in [0.29, 0.717) is 0 Å². The predicted octanol–water partition coefficient (Wildman–Crippen LogP) is 8.38. The number of rotatable bonds is 24. The van der Waals surface area contributed by atoms with Crippen molar-refractivity contribution in [3.63, 3.8) is 0 Å². The zero-order chi connectivity index (χ0) is 43.8. The van der Waals surface area contributed by atoms with Crippen molar-refractivity contribution in [3.05, 3.63) is 108 Å². The highest BCUT2D eigenvalue weighted by Crippen LogP contribution is 2.59. The van der Waals surface area contributed by atoms with Crippen LogP contribution in [0, 0.1) is 0 Å². The number of carbonyl (C=O) groups is 3.